The quantitative estimate of drug-likeness (QED) is 0.594. The van der Waals surface area contributed by atoms with Gasteiger partial charge in [0.1, 0.15) is 23.3 Å². The largest absolute Gasteiger partial charge is 0.497 e. The lowest BCUT2D eigenvalue weighted by Gasteiger charge is -2.38. The normalized spacial score (nSPS) is 18.6. The van der Waals surface area contributed by atoms with Crippen molar-refractivity contribution in [1.29, 1.82) is 0 Å². The Balaban J connectivity index is 1.72. The molecule has 0 saturated carbocycles. The highest BCUT2D eigenvalue weighted by molar-refractivity contribution is 6.00. The summed E-state index contributed by atoms with van der Waals surface area (Å²) in [6, 6.07) is 12.7. The number of nitrogens with one attached hydrogen (secondary N) is 1. The molecule has 2 heterocycles. The number of carbonyl (C=O) groups excluding carboxylic acids is 1. The van der Waals surface area contributed by atoms with Crippen LogP contribution in [0.2, 0.25) is 0 Å². The van der Waals surface area contributed by atoms with Crippen molar-refractivity contribution in [2.24, 2.45) is 5.41 Å². The molecule has 8 heteroatoms. The number of ether oxygens (including phenoxy) is 3. The Morgan fingerprint density at radius 2 is 1.76 bits per heavy atom. The molecule has 1 N–H and O–H groups in total. The maximum Gasteiger partial charge on any atom is 0.226 e. The van der Waals surface area contributed by atoms with Crippen LogP contribution >= 0.6 is 0 Å². The molecule has 8 nitrogen and oxygen atoms in total. The van der Waals surface area contributed by atoms with E-state index in [1.165, 1.54) is 0 Å². The maximum atomic E-state index is 13.5. The molecule has 1 aromatic heterocycles. The number of rotatable bonds is 5. The highest BCUT2D eigenvalue weighted by Gasteiger charge is 2.43. The predicted molar refractivity (Wildman–Crippen MR) is 128 cm³/mol. The van der Waals surface area contributed by atoms with Gasteiger partial charge in [-0.15, -0.1) is 5.10 Å². The van der Waals surface area contributed by atoms with Gasteiger partial charge in [-0.25, -0.2) is 4.68 Å². The number of methoxy groups -OCH3 is 3. The Morgan fingerprint density at radius 1 is 1.00 bits per heavy atom. The van der Waals surface area contributed by atoms with E-state index in [0.29, 0.717) is 35.3 Å². The zero-order valence-electron chi connectivity index (χ0n) is 20.0. The molecule has 176 valence electrons. The van der Waals surface area contributed by atoms with Gasteiger partial charge in [0.15, 0.2) is 11.6 Å². The molecule has 1 aliphatic carbocycles. The number of Topliss-reactive ketones (excluding diaryl/α,β-unsaturated/α-hetero) is 1. The van der Waals surface area contributed by atoms with E-state index >= 15 is 0 Å². The molecular weight excluding hydrogens is 432 g/mol. The zero-order chi connectivity index (χ0) is 24.0. The maximum absolute atomic E-state index is 13.5. The highest BCUT2D eigenvalue weighted by Crippen LogP contribution is 2.47. The van der Waals surface area contributed by atoms with E-state index in [9.17, 15) is 4.79 Å². The fraction of sp³-hybridized carbons (Fsp3) is 0.346. The van der Waals surface area contributed by atoms with Crippen LogP contribution in [0.1, 0.15) is 38.3 Å². The lowest BCUT2D eigenvalue weighted by molar-refractivity contribution is -0.118. The van der Waals surface area contributed by atoms with Gasteiger partial charge < -0.3 is 19.5 Å². The minimum absolute atomic E-state index is 0.0951. The van der Waals surface area contributed by atoms with E-state index in [0.717, 1.165) is 29.0 Å². The van der Waals surface area contributed by atoms with Crippen LogP contribution in [-0.4, -0.2) is 41.9 Å². The van der Waals surface area contributed by atoms with Crippen LogP contribution in [0.3, 0.4) is 0 Å². The van der Waals surface area contributed by atoms with Gasteiger partial charge in [0.2, 0.25) is 5.95 Å². The second-order valence-corrected chi connectivity index (χ2v) is 9.40. The van der Waals surface area contributed by atoms with E-state index in [2.05, 4.69) is 19.2 Å². The van der Waals surface area contributed by atoms with Crippen LogP contribution in [0.25, 0.3) is 11.4 Å². The number of aromatic nitrogens is 3. The van der Waals surface area contributed by atoms with Crippen LogP contribution in [0.5, 0.6) is 17.2 Å². The van der Waals surface area contributed by atoms with Gasteiger partial charge >= 0.3 is 0 Å². The average molecular weight is 461 g/mol. The van der Waals surface area contributed by atoms with Crippen LogP contribution in [0, 0.1) is 5.41 Å². The van der Waals surface area contributed by atoms with Crippen LogP contribution < -0.4 is 19.5 Å². The molecule has 2 aliphatic rings. The summed E-state index contributed by atoms with van der Waals surface area (Å²) in [5.41, 5.74) is 3.05. The fourth-order valence-electron chi connectivity index (χ4n) is 4.83. The van der Waals surface area contributed by atoms with Crippen molar-refractivity contribution in [2.45, 2.75) is 32.7 Å². The Kier molecular flexibility index (Phi) is 5.31. The Hall–Kier alpha value is -3.81. The van der Waals surface area contributed by atoms with Crippen molar-refractivity contribution >= 4 is 11.7 Å². The van der Waals surface area contributed by atoms with Gasteiger partial charge in [-0.2, -0.15) is 4.98 Å². The number of benzene rings is 2. The summed E-state index contributed by atoms with van der Waals surface area (Å²) in [4.78, 5) is 18.3. The summed E-state index contributed by atoms with van der Waals surface area (Å²) in [7, 11) is 4.87. The van der Waals surface area contributed by atoms with E-state index in [1.54, 1.807) is 26.0 Å². The molecule has 3 aromatic rings. The third-order valence-electron chi connectivity index (χ3n) is 6.39. The molecule has 1 unspecified atom stereocenters. The number of carbonyl (C=O) groups is 1. The number of anilines is 1. The first-order valence-electron chi connectivity index (χ1n) is 11.2. The zero-order valence-corrected chi connectivity index (χ0v) is 20.0. The van der Waals surface area contributed by atoms with Crippen LogP contribution in [0.4, 0.5) is 5.95 Å². The first kappa shape index (κ1) is 22.0. The Morgan fingerprint density at radius 3 is 2.50 bits per heavy atom. The van der Waals surface area contributed by atoms with Gasteiger partial charge in [-0.1, -0.05) is 26.0 Å². The second-order valence-electron chi connectivity index (χ2n) is 9.40. The highest BCUT2D eigenvalue weighted by atomic mass is 16.5. The van der Waals surface area contributed by atoms with Crippen molar-refractivity contribution in [3.8, 4) is 28.6 Å². The second kappa shape index (κ2) is 8.20. The lowest BCUT2D eigenvalue weighted by Crippen LogP contribution is -2.36. The molecular formula is C26H28N4O4. The van der Waals surface area contributed by atoms with Gasteiger partial charge in [0, 0.05) is 28.8 Å². The molecule has 0 bridgehead atoms. The van der Waals surface area contributed by atoms with Crippen molar-refractivity contribution in [2.75, 3.05) is 26.6 Å². The molecule has 0 radical (unpaired) electrons. The third kappa shape index (κ3) is 3.69. The number of ketones is 1. The van der Waals surface area contributed by atoms with Crippen LogP contribution in [-0.2, 0) is 4.79 Å². The van der Waals surface area contributed by atoms with Crippen LogP contribution in [0.15, 0.2) is 53.7 Å². The first-order valence-corrected chi connectivity index (χ1v) is 11.2. The van der Waals surface area contributed by atoms with E-state index in [4.69, 9.17) is 24.3 Å². The van der Waals surface area contributed by atoms with Crippen molar-refractivity contribution in [3.63, 3.8) is 0 Å². The standard InChI is InChI=1S/C26H28N4O4/c1-26(2)13-19-22(20(31)14-26)23(18-12-17(33-4)9-10-21(18)34-5)30-25(27-19)28-24(29-30)15-7-6-8-16(11-15)32-3/h6-12,23H,13-14H2,1-5H3,(H,27,28,29). The van der Waals surface area contributed by atoms with Gasteiger partial charge in [0.05, 0.1) is 21.3 Å². The van der Waals surface area contributed by atoms with Crippen molar-refractivity contribution < 1.29 is 19.0 Å². The molecule has 0 fully saturated rings. The monoisotopic (exact) mass is 460 g/mol. The molecule has 0 saturated heterocycles. The number of fused-ring (bicyclic) bond motifs is 1. The molecule has 1 aliphatic heterocycles. The summed E-state index contributed by atoms with van der Waals surface area (Å²) >= 11 is 0. The molecule has 5 rings (SSSR count). The minimum atomic E-state index is -0.494. The third-order valence-corrected chi connectivity index (χ3v) is 6.39. The van der Waals surface area contributed by atoms with Crippen molar-refractivity contribution in [3.05, 3.63) is 59.3 Å². The number of allylic oxidation sites excluding steroid dienone is 2. The molecule has 1 atom stereocenters. The number of nitrogens with zero attached hydrogens (tertiary/aromatic N) is 3. The Labute approximate surface area is 198 Å². The average Bonchev–Trinajstić information content (AvgIpc) is 3.25. The van der Waals surface area contributed by atoms with Crippen molar-refractivity contribution in [1.82, 2.24) is 14.8 Å². The fourth-order valence-corrected chi connectivity index (χ4v) is 4.83. The molecule has 0 spiro atoms. The topological polar surface area (TPSA) is 87.5 Å². The van der Waals surface area contributed by atoms with Gasteiger partial charge in [-0.05, 0) is 42.2 Å². The first-order chi connectivity index (χ1) is 16.3. The molecule has 34 heavy (non-hydrogen) atoms. The molecule has 2 aromatic carbocycles. The van der Waals surface area contributed by atoms with E-state index in [1.807, 2.05) is 42.5 Å². The summed E-state index contributed by atoms with van der Waals surface area (Å²) in [5.74, 6) is 3.27. The van der Waals surface area contributed by atoms with E-state index in [-0.39, 0.29) is 11.2 Å². The summed E-state index contributed by atoms with van der Waals surface area (Å²) in [5, 5.41) is 8.27. The summed E-state index contributed by atoms with van der Waals surface area (Å²) in [6.45, 7) is 4.22. The van der Waals surface area contributed by atoms with E-state index < -0.39 is 6.04 Å². The smallest absolute Gasteiger partial charge is 0.226 e. The SMILES string of the molecule is COc1cccc(-c2nc3n(n2)C(c2cc(OC)ccc2OC)C2=C(CC(C)(C)CC2=O)N3)c1. The summed E-state index contributed by atoms with van der Waals surface area (Å²) < 4.78 is 18.4. The number of hydrogen-bond acceptors (Lipinski definition) is 7. The van der Waals surface area contributed by atoms with Gasteiger partial charge in [-0.3, -0.25) is 4.79 Å². The summed E-state index contributed by atoms with van der Waals surface area (Å²) in [6.07, 6.45) is 1.20. The predicted octanol–water partition coefficient (Wildman–Crippen LogP) is 4.63. The molecule has 0 amide bonds. The Bertz CT molecular complexity index is 1310. The van der Waals surface area contributed by atoms with Gasteiger partial charge in [0.25, 0.3) is 0 Å². The minimum Gasteiger partial charge on any atom is -0.497 e. The number of hydrogen-bond donors (Lipinski definition) is 1. The lowest BCUT2D eigenvalue weighted by atomic mass is 9.73.